The molecule has 0 bridgehead atoms. The van der Waals surface area contributed by atoms with E-state index in [1.807, 2.05) is 6.07 Å². The normalized spacial score (nSPS) is 18.1. The van der Waals surface area contributed by atoms with Crippen molar-refractivity contribution >= 4 is 0 Å². The highest BCUT2D eigenvalue weighted by atomic mass is 16.5. The van der Waals surface area contributed by atoms with Crippen LogP contribution in [0.4, 0.5) is 0 Å². The second-order valence-corrected chi connectivity index (χ2v) is 5.71. The fourth-order valence-corrected chi connectivity index (χ4v) is 2.02. The van der Waals surface area contributed by atoms with Crippen molar-refractivity contribution < 1.29 is 9.47 Å². The molecule has 2 heteroatoms. The van der Waals surface area contributed by atoms with Crippen molar-refractivity contribution in [2.45, 2.75) is 45.1 Å². The maximum Gasteiger partial charge on any atom is 0.120 e. The quantitative estimate of drug-likeness (QED) is 0.779. The average molecular weight is 234 g/mol. The van der Waals surface area contributed by atoms with Crippen LogP contribution < -0.4 is 4.74 Å². The molecule has 1 aliphatic heterocycles. The van der Waals surface area contributed by atoms with Gasteiger partial charge in [-0.05, 0) is 23.1 Å². The van der Waals surface area contributed by atoms with Gasteiger partial charge in [-0.15, -0.1) is 0 Å². The van der Waals surface area contributed by atoms with Crippen LogP contribution in [-0.2, 0) is 10.2 Å². The van der Waals surface area contributed by atoms with Crippen molar-refractivity contribution in [2.75, 3.05) is 13.2 Å². The molecule has 0 unspecified atom stereocenters. The molecule has 0 spiro atoms. The average Bonchev–Trinajstić information content (AvgIpc) is 2.29. The number of benzene rings is 1. The van der Waals surface area contributed by atoms with Gasteiger partial charge in [-0.25, -0.2) is 0 Å². The van der Waals surface area contributed by atoms with E-state index < -0.39 is 0 Å². The summed E-state index contributed by atoms with van der Waals surface area (Å²) < 4.78 is 11.3. The fraction of sp³-hybridized carbons (Fsp3) is 0.600. The van der Waals surface area contributed by atoms with Crippen LogP contribution in [0.15, 0.2) is 24.3 Å². The van der Waals surface area contributed by atoms with E-state index in [2.05, 4.69) is 39.0 Å². The maximum absolute atomic E-state index is 6.01. The van der Waals surface area contributed by atoms with Gasteiger partial charge in [0, 0.05) is 12.8 Å². The predicted molar refractivity (Wildman–Crippen MR) is 69.6 cm³/mol. The van der Waals surface area contributed by atoms with Gasteiger partial charge in [0.1, 0.15) is 11.9 Å². The Balaban J connectivity index is 2.05. The molecule has 0 N–H and O–H groups in total. The molecule has 0 atom stereocenters. The van der Waals surface area contributed by atoms with Crippen molar-refractivity contribution in [3.05, 3.63) is 29.8 Å². The minimum atomic E-state index is 0.176. The molecular formula is C15H22O2. The molecule has 1 aromatic rings. The maximum atomic E-state index is 6.01. The van der Waals surface area contributed by atoms with Crippen LogP contribution in [0.25, 0.3) is 0 Å². The van der Waals surface area contributed by atoms with Crippen LogP contribution in [0, 0.1) is 0 Å². The van der Waals surface area contributed by atoms with Gasteiger partial charge in [-0.2, -0.15) is 0 Å². The van der Waals surface area contributed by atoms with Gasteiger partial charge in [-0.3, -0.25) is 0 Å². The summed E-state index contributed by atoms with van der Waals surface area (Å²) in [5.41, 5.74) is 1.50. The van der Waals surface area contributed by atoms with Gasteiger partial charge in [0.15, 0.2) is 0 Å². The lowest BCUT2D eigenvalue weighted by atomic mass is 9.87. The van der Waals surface area contributed by atoms with E-state index in [1.54, 1.807) is 0 Å². The van der Waals surface area contributed by atoms with Crippen molar-refractivity contribution in [3.63, 3.8) is 0 Å². The molecule has 1 saturated heterocycles. The van der Waals surface area contributed by atoms with Crippen molar-refractivity contribution in [1.29, 1.82) is 0 Å². The number of hydrogen-bond acceptors (Lipinski definition) is 2. The smallest absolute Gasteiger partial charge is 0.120 e. The SMILES string of the molecule is CC(C)(C)c1cccc(OC2CCOCC2)c1. The Bertz CT molecular complexity index is 359. The first kappa shape index (κ1) is 12.4. The number of rotatable bonds is 2. The number of ether oxygens (including phenoxy) is 2. The lowest BCUT2D eigenvalue weighted by Gasteiger charge is -2.25. The van der Waals surface area contributed by atoms with Crippen LogP contribution in [0.3, 0.4) is 0 Å². The monoisotopic (exact) mass is 234 g/mol. The summed E-state index contributed by atoms with van der Waals surface area (Å²) >= 11 is 0. The summed E-state index contributed by atoms with van der Waals surface area (Å²) in [6.45, 7) is 8.31. The third-order valence-corrected chi connectivity index (χ3v) is 3.17. The summed E-state index contributed by atoms with van der Waals surface area (Å²) in [6, 6.07) is 8.45. The lowest BCUT2D eigenvalue weighted by Crippen LogP contribution is -2.26. The van der Waals surface area contributed by atoms with Gasteiger partial charge in [0.05, 0.1) is 13.2 Å². The molecule has 1 heterocycles. The van der Waals surface area contributed by atoms with Crippen LogP contribution in [0.5, 0.6) is 5.75 Å². The molecule has 2 rings (SSSR count). The zero-order chi connectivity index (χ0) is 12.3. The molecular weight excluding hydrogens is 212 g/mol. The lowest BCUT2D eigenvalue weighted by molar-refractivity contribution is 0.0255. The zero-order valence-electron chi connectivity index (χ0n) is 11.0. The van der Waals surface area contributed by atoms with Gasteiger partial charge in [-0.1, -0.05) is 32.9 Å². The molecule has 94 valence electrons. The Kier molecular flexibility index (Phi) is 3.72. The Hall–Kier alpha value is -1.02. The molecule has 2 nitrogen and oxygen atoms in total. The third kappa shape index (κ3) is 3.47. The third-order valence-electron chi connectivity index (χ3n) is 3.17. The summed E-state index contributed by atoms with van der Waals surface area (Å²) in [5.74, 6) is 0.990. The van der Waals surface area contributed by atoms with E-state index in [-0.39, 0.29) is 5.41 Å². The minimum absolute atomic E-state index is 0.176. The Morgan fingerprint density at radius 1 is 1.18 bits per heavy atom. The Morgan fingerprint density at radius 2 is 1.88 bits per heavy atom. The summed E-state index contributed by atoms with van der Waals surface area (Å²) in [5, 5.41) is 0. The van der Waals surface area contributed by atoms with Crippen molar-refractivity contribution in [2.24, 2.45) is 0 Å². The fourth-order valence-electron chi connectivity index (χ4n) is 2.02. The van der Waals surface area contributed by atoms with Gasteiger partial charge >= 0.3 is 0 Å². The van der Waals surface area contributed by atoms with E-state index in [0.717, 1.165) is 31.8 Å². The molecule has 0 radical (unpaired) electrons. The predicted octanol–water partition coefficient (Wildman–Crippen LogP) is 3.54. The second kappa shape index (κ2) is 5.09. The molecule has 0 saturated carbocycles. The van der Waals surface area contributed by atoms with Crippen LogP contribution in [0.2, 0.25) is 0 Å². The van der Waals surface area contributed by atoms with Crippen molar-refractivity contribution in [3.8, 4) is 5.75 Å². The number of hydrogen-bond donors (Lipinski definition) is 0. The molecule has 0 amide bonds. The van der Waals surface area contributed by atoms with E-state index in [9.17, 15) is 0 Å². The van der Waals surface area contributed by atoms with Crippen LogP contribution >= 0.6 is 0 Å². The highest BCUT2D eigenvalue weighted by Gasteiger charge is 2.17. The first-order chi connectivity index (χ1) is 8.05. The summed E-state index contributed by atoms with van der Waals surface area (Å²) in [7, 11) is 0. The standard InChI is InChI=1S/C15H22O2/c1-15(2,3)12-5-4-6-14(11-12)17-13-7-9-16-10-8-13/h4-6,11,13H,7-10H2,1-3H3. The molecule has 1 aromatic carbocycles. The van der Waals surface area contributed by atoms with Crippen LogP contribution in [0.1, 0.15) is 39.2 Å². The van der Waals surface area contributed by atoms with Crippen molar-refractivity contribution in [1.82, 2.24) is 0 Å². The Morgan fingerprint density at radius 3 is 2.53 bits per heavy atom. The Labute approximate surface area is 104 Å². The van der Waals surface area contributed by atoms with E-state index in [1.165, 1.54) is 5.56 Å². The second-order valence-electron chi connectivity index (χ2n) is 5.71. The van der Waals surface area contributed by atoms with Gasteiger partial charge < -0.3 is 9.47 Å². The first-order valence-electron chi connectivity index (χ1n) is 6.41. The minimum Gasteiger partial charge on any atom is -0.490 e. The zero-order valence-corrected chi connectivity index (χ0v) is 11.0. The summed E-state index contributed by atoms with van der Waals surface area (Å²) in [4.78, 5) is 0. The summed E-state index contributed by atoms with van der Waals surface area (Å²) in [6.07, 6.45) is 2.32. The van der Waals surface area contributed by atoms with Gasteiger partial charge in [0.2, 0.25) is 0 Å². The van der Waals surface area contributed by atoms with E-state index in [0.29, 0.717) is 6.10 Å². The molecule has 1 aliphatic rings. The largest absolute Gasteiger partial charge is 0.490 e. The first-order valence-corrected chi connectivity index (χ1v) is 6.41. The van der Waals surface area contributed by atoms with E-state index in [4.69, 9.17) is 9.47 Å². The van der Waals surface area contributed by atoms with Crippen LogP contribution in [-0.4, -0.2) is 19.3 Å². The van der Waals surface area contributed by atoms with E-state index >= 15 is 0 Å². The molecule has 1 fully saturated rings. The van der Waals surface area contributed by atoms with Gasteiger partial charge in [0.25, 0.3) is 0 Å². The highest BCUT2D eigenvalue weighted by molar-refractivity contribution is 5.32. The molecule has 17 heavy (non-hydrogen) atoms. The molecule has 0 aromatic heterocycles. The topological polar surface area (TPSA) is 18.5 Å². The molecule has 0 aliphatic carbocycles. The highest BCUT2D eigenvalue weighted by Crippen LogP contribution is 2.27.